The summed E-state index contributed by atoms with van der Waals surface area (Å²) in [6.07, 6.45) is 0. The lowest BCUT2D eigenvalue weighted by molar-refractivity contribution is 0.650. The topological polar surface area (TPSA) is 47.5 Å². The van der Waals surface area contributed by atoms with Crippen molar-refractivity contribution in [1.82, 2.24) is 6.15 Å². The normalized spacial score (nSPS) is 10.5. The molecular weight excluding hydrogens is 102 g/mol. The Morgan fingerprint density at radius 3 is 1.88 bits per heavy atom. The molecular formula is C6H7NO. The van der Waals surface area contributed by atoms with Crippen LogP contribution in [0.2, 0.25) is 0 Å². The van der Waals surface area contributed by atoms with Gasteiger partial charge in [-0.1, -0.05) is 12.1 Å². The molecule has 0 radical (unpaired) electrons. The van der Waals surface area contributed by atoms with Crippen LogP contribution in [-0.4, -0.2) is 0 Å². The molecule has 0 aromatic heterocycles. The van der Waals surface area contributed by atoms with Crippen LogP contribution in [0.4, 0.5) is 0 Å². The second kappa shape index (κ2) is 1.49. The van der Waals surface area contributed by atoms with E-state index in [1.165, 1.54) is 0 Å². The lowest BCUT2D eigenvalue weighted by atomic mass is 10.4. The van der Waals surface area contributed by atoms with Crippen LogP contribution in [0.1, 0.15) is 0 Å². The van der Waals surface area contributed by atoms with Crippen LogP contribution in [0.15, 0.2) is 24.3 Å². The summed E-state index contributed by atoms with van der Waals surface area (Å²) in [5.41, 5.74) is 0. The Balaban J connectivity index is 0.000000320. The van der Waals surface area contributed by atoms with Crippen molar-refractivity contribution in [2.45, 2.75) is 0 Å². The summed E-state index contributed by atoms with van der Waals surface area (Å²) in [5, 5.41) is 0. The van der Waals surface area contributed by atoms with Gasteiger partial charge in [0.25, 0.3) is 0 Å². The summed E-state index contributed by atoms with van der Waals surface area (Å²) >= 11 is 0. The number of para-hydroxylation sites is 2. The summed E-state index contributed by atoms with van der Waals surface area (Å²) in [6.45, 7) is 0. The van der Waals surface area contributed by atoms with E-state index in [4.69, 9.17) is 4.74 Å². The second-order valence-electron chi connectivity index (χ2n) is 1.55. The van der Waals surface area contributed by atoms with Crippen molar-refractivity contribution < 1.29 is 4.74 Å². The van der Waals surface area contributed by atoms with Gasteiger partial charge in [0.05, 0.1) is 0 Å². The highest BCUT2D eigenvalue weighted by atomic mass is 16.6. The van der Waals surface area contributed by atoms with E-state index in [-0.39, 0.29) is 6.15 Å². The van der Waals surface area contributed by atoms with Crippen molar-refractivity contribution in [1.29, 1.82) is 0 Å². The Hall–Kier alpha value is -1.02. The maximum absolute atomic E-state index is 4.94. The number of hydrogen-bond donors (Lipinski definition) is 1. The van der Waals surface area contributed by atoms with Crippen molar-refractivity contribution in [2.75, 3.05) is 0 Å². The minimum absolute atomic E-state index is 0. The number of hydrogen-bond acceptors (Lipinski definition) is 2. The Morgan fingerprint density at radius 1 is 1.00 bits per heavy atom. The van der Waals surface area contributed by atoms with E-state index < -0.39 is 0 Å². The lowest BCUT2D eigenvalue weighted by Gasteiger charge is -1.61. The first kappa shape index (κ1) is 5.12. The Bertz CT molecular complexity index is 176. The molecule has 0 fully saturated rings. The first-order valence-corrected chi connectivity index (χ1v) is 2.24. The van der Waals surface area contributed by atoms with Crippen LogP contribution in [0.25, 0.3) is 0 Å². The molecule has 0 spiro atoms. The Labute approximate surface area is 47.7 Å². The molecule has 1 aromatic carbocycles. The average Bonchev–Trinajstić information content (AvgIpc) is 2.41. The molecule has 2 heteroatoms. The standard InChI is InChI=1S/C6H4O.H3N/c1-2-4-6-5(3-1)7-6;/h1-4H;1H3. The van der Waals surface area contributed by atoms with Crippen molar-refractivity contribution in [2.24, 2.45) is 0 Å². The molecule has 3 N–H and O–H groups in total. The molecule has 0 bridgehead atoms. The highest BCUT2D eigenvalue weighted by Gasteiger charge is 2.15. The maximum Gasteiger partial charge on any atom is 0.170 e. The van der Waals surface area contributed by atoms with E-state index in [1.807, 2.05) is 24.3 Å². The Kier molecular flexibility index (Phi) is 0.954. The fraction of sp³-hybridized carbons (Fsp3) is 0. The van der Waals surface area contributed by atoms with Gasteiger partial charge in [0.15, 0.2) is 11.5 Å². The molecule has 2 nitrogen and oxygen atoms in total. The van der Waals surface area contributed by atoms with Gasteiger partial charge in [0.1, 0.15) is 0 Å². The van der Waals surface area contributed by atoms with E-state index in [1.54, 1.807) is 0 Å². The van der Waals surface area contributed by atoms with Gasteiger partial charge < -0.3 is 10.9 Å². The lowest BCUT2D eigenvalue weighted by Crippen LogP contribution is -1.37. The van der Waals surface area contributed by atoms with Gasteiger partial charge in [-0.25, -0.2) is 0 Å². The molecule has 0 saturated carbocycles. The summed E-state index contributed by atoms with van der Waals surface area (Å²) in [4.78, 5) is 0. The number of rotatable bonds is 0. The predicted molar refractivity (Wildman–Crippen MR) is 31.5 cm³/mol. The number of fused-ring (bicyclic) bond motifs is 1. The summed E-state index contributed by atoms with van der Waals surface area (Å²) < 4.78 is 4.94. The minimum Gasteiger partial charge on any atom is -0.450 e. The fourth-order valence-electron chi connectivity index (χ4n) is 0.611. The number of ether oxygens (including phenoxy) is 1. The average molecular weight is 109 g/mol. The van der Waals surface area contributed by atoms with Crippen LogP contribution < -0.4 is 10.9 Å². The third-order valence-corrected chi connectivity index (χ3v) is 1.03. The fourth-order valence-corrected chi connectivity index (χ4v) is 0.611. The molecule has 1 aliphatic rings. The summed E-state index contributed by atoms with van der Waals surface area (Å²) in [7, 11) is 0. The predicted octanol–water partition coefficient (Wildman–Crippen LogP) is 1.95. The Morgan fingerprint density at radius 2 is 1.50 bits per heavy atom. The van der Waals surface area contributed by atoms with Gasteiger partial charge in [0.2, 0.25) is 0 Å². The van der Waals surface area contributed by atoms with Gasteiger partial charge >= 0.3 is 0 Å². The van der Waals surface area contributed by atoms with E-state index in [2.05, 4.69) is 0 Å². The summed E-state index contributed by atoms with van der Waals surface area (Å²) in [6, 6.07) is 7.84. The molecule has 0 unspecified atom stereocenters. The van der Waals surface area contributed by atoms with E-state index in [9.17, 15) is 0 Å². The van der Waals surface area contributed by atoms with Crippen molar-refractivity contribution in [3.8, 4) is 11.5 Å². The monoisotopic (exact) mass is 109 g/mol. The quantitative estimate of drug-likeness (QED) is 0.525. The SMILES string of the molecule is N.c1ccc2c(c1)O2. The summed E-state index contributed by atoms with van der Waals surface area (Å²) in [5.74, 6) is 2.06. The molecule has 0 saturated heterocycles. The first-order chi connectivity index (χ1) is 3.47. The van der Waals surface area contributed by atoms with Gasteiger partial charge in [-0.15, -0.1) is 0 Å². The highest BCUT2D eigenvalue weighted by Crippen LogP contribution is 2.43. The van der Waals surface area contributed by atoms with E-state index in [0.717, 1.165) is 11.5 Å². The van der Waals surface area contributed by atoms with Gasteiger partial charge in [-0.3, -0.25) is 0 Å². The molecule has 0 aliphatic carbocycles. The third-order valence-electron chi connectivity index (χ3n) is 1.03. The third kappa shape index (κ3) is 0.550. The zero-order valence-electron chi connectivity index (χ0n) is 4.42. The molecule has 0 amide bonds. The molecule has 1 aromatic rings. The van der Waals surface area contributed by atoms with Crippen LogP contribution in [0.5, 0.6) is 11.5 Å². The molecule has 42 valence electrons. The van der Waals surface area contributed by atoms with Crippen molar-refractivity contribution in [3.63, 3.8) is 0 Å². The molecule has 1 heterocycles. The zero-order chi connectivity index (χ0) is 4.69. The molecule has 1 aliphatic heterocycles. The van der Waals surface area contributed by atoms with Crippen LogP contribution >= 0.6 is 0 Å². The first-order valence-electron chi connectivity index (χ1n) is 2.24. The van der Waals surface area contributed by atoms with E-state index >= 15 is 0 Å². The molecule has 2 rings (SSSR count). The van der Waals surface area contributed by atoms with Crippen molar-refractivity contribution in [3.05, 3.63) is 24.3 Å². The second-order valence-corrected chi connectivity index (χ2v) is 1.55. The zero-order valence-corrected chi connectivity index (χ0v) is 4.42. The van der Waals surface area contributed by atoms with Crippen molar-refractivity contribution >= 4 is 0 Å². The minimum atomic E-state index is 0. The molecule has 0 atom stereocenters. The largest absolute Gasteiger partial charge is 0.450 e. The smallest absolute Gasteiger partial charge is 0.170 e. The van der Waals surface area contributed by atoms with Gasteiger partial charge in [0, 0.05) is 0 Å². The molecule has 8 heavy (non-hydrogen) atoms. The van der Waals surface area contributed by atoms with Gasteiger partial charge in [-0.2, -0.15) is 0 Å². The van der Waals surface area contributed by atoms with Gasteiger partial charge in [-0.05, 0) is 12.1 Å². The van der Waals surface area contributed by atoms with E-state index in [0.29, 0.717) is 0 Å². The van der Waals surface area contributed by atoms with Crippen LogP contribution in [0.3, 0.4) is 0 Å². The maximum atomic E-state index is 4.94. The van der Waals surface area contributed by atoms with Crippen LogP contribution in [-0.2, 0) is 0 Å². The number of benzene rings is 1. The highest BCUT2D eigenvalue weighted by molar-refractivity contribution is 5.53. The van der Waals surface area contributed by atoms with Crippen LogP contribution in [0, 0.1) is 0 Å².